The normalized spacial score (nSPS) is 12.1. The summed E-state index contributed by atoms with van der Waals surface area (Å²) in [6.45, 7) is 3.69. The SMILES string of the molecule is CC(C)c1nc2c3ccc(F)c(F)c3c3ccccc3n2c1F. The summed E-state index contributed by atoms with van der Waals surface area (Å²) >= 11 is 0. The summed E-state index contributed by atoms with van der Waals surface area (Å²) in [4.78, 5) is 4.36. The molecule has 0 atom stereocenters. The lowest BCUT2D eigenvalue weighted by atomic mass is 10.1. The lowest BCUT2D eigenvalue weighted by Crippen LogP contribution is -1.97. The van der Waals surface area contributed by atoms with E-state index in [4.69, 9.17) is 0 Å². The fourth-order valence-electron chi connectivity index (χ4n) is 3.07. The molecule has 0 bridgehead atoms. The van der Waals surface area contributed by atoms with E-state index < -0.39 is 17.6 Å². The lowest BCUT2D eigenvalue weighted by Gasteiger charge is -2.09. The van der Waals surface area contributed by atoms with E-state index in [1.165, 1.54) is 10.5 Å². The molecule has 0 radical (unpaired) electrons. The Hall–Kier alpha value is -2.56. The summed E-state index contributed by atoms with van der Waals surface area (Å²) in [5.41, 5.74) is 1.09. The van der Waals surface area contributed by atoms with E-state index in [1.54, 1.807) is 24.3 Å². The second kappa shape index (κ2) is 4.72. The van der Waals surface area contributed by atoms with E-state index in [0.29, 0.717) is 27.6 Å². The van der Waals surface area contributed by atoms with Crippen molar-refractivity contribution in [2.45, 2.75) is 19.8 Å². The van der Waals surface area contributed by atoms with Gasteiger partial charge in [0.25, 0.3) is 0 Å². The molecule has 2 aromatic carbocycles. The maximum atomic E-state index is 14.9. The molecule has 0 N–H and O–H groups in total. The number of para-hydroxylation sites is 1. The lowest BCUT2D eigenvalue weighted by molar-refractivity contribution is 0.517. The Bertz CT molecular complexity index is 1080. The third-order valence-corrected chi connectivity index (χ3v) is 4.14. The van der Waals surface area contributed by atoms with Crippen LogP contribution in [0, 0.1) is 17.6 Å². The van der Waals surface area contributed by atoms with Crippen LogP contribution < -0.4 is 0 Å². The van der Waals surface area contributed by atoms with Crippen LogP contribution in [0.25, 0.3) is 27.3 Å². The number of rotatable bonds is 1. The summed E-state index contributed by atoms with van der Waals surface area (Å²) in [6, 6.07) is 9.30. The van der Waals surface area contributed by atoms with E-state index in [0.717, 1.165) is 6.07 Å². The molecule has 0 aliphatic heterocycles. The van der Waals surface area contributed by atoms with Gasteiger partial charge < -0.3 is 0 Å². The van der Waals surface area contributed by atoms with Crippen molar-refractivity contribution < 1.29 is 13.2 Å². The van der Waals surface area contributed by atoms with Gasteiger partial charge in [-0.2, -0.15) is 4.39 Å². The minimum Gasteiger partial charge on any atom is -0.268 e. The zero-order chi connectivity index (χ0) is 16.3. The van der Waals surface area contributed by atoms with Crippen molar-refractivity contribution in [1.29, 1.82) is 0 Å². The highest BCUT2D eigenvalue weighted by Crippen LogP contribution is 2.34. The summed E-state index contributed by atoms with van der Waals surface area (Å²) in [5, 5.41) is 0.986. The zero-order valence-corrected chi connectivity index (χ0v) is 12.6. The number of imidazole rings is 1. The average molecular weight is 314 g/mol. The molecule has 0 aliphatic rings. The number of hydrogen-bond donors (Lipinski definition) is 0. The molecule has 2 heterocycles. The first kappa shape index (κ1) is 14.1. The van der Waals surface area contributed by atoms with Crippen molar-refractivity contribution >= 4 is 27.3 Å². The Morgan fingerprint density at radius 2 is 1.70 bits per heavy atom. The van der Waals surface area contributed by atoms with Gasteiger partial charge in [0.15, 0.2) is 11.6 Å². The highest BCUT2D eigenvalue weighted by molar-refractivity contribution is 6.12. The van der Waals surface area contributed by atoms with Crippen molar-refractivity contribution in [1.82, 2.24) is 9.38 Å². The molecular weight excluding hydrogens is 301 g/mol. The molecule has 4 rings (SSSR count). The molecule has 5 heteroatoms. The Morgan fingerprint density at radius 3 is 2.43 bits per heavy atom. The minimum atomic E-state index is -0.935. The predicted molar refractivity (Wildman–Crippen MR) is 84.2 cm³/mol. The number of hydrogen-bond acceptors (Lipinski definition) is 1. The van der Waals surface area contributed by atoms with Gasteiger partial charge in [0, 0.05) is 22.1 Å². The Morgan fingerprint density at radius 1 is 0.957 bits per heavy atom. The second-order valence-corrected chi connectivity index (χ2v) is 5.90. The van der Waals surface area contributed by atoms with Gasteiger partial charge in [-0.1, -0.05) is 32.0 Å². The summed E-state index contributed by atoms with van der Waals surface area (Å²) in [7, 11) is 0. The summed E-state index contributed by atoms with van der Waals surface area (Å²) in [5.74, 6) is -2.44. The van der Waals surface area contributed by atoms with Crippen molar-refractivity contribution in [2.24, 2.45) is 0 Å². The van der Waals surface area contributed by atoms with E-state index in [1.807, 2.05) is 13.8 Å². The second-order valence-electron chi connectivity index (χ2n) is 5.90. The minimum absolute atomic E-state index is 0.117. The highest BCUT2D eigenvalue weighted by Gasteiger charge is 2.21. The van der Waals surface area contributed by atoms with Crippen LogP contribution in [0.2, 0.25) is 0 Å². The van der Waals surface area contributed by atoms with Crippen LogP contribution in [0.5, 0.6) is 0 Å². The van der Waals surface area contributed by atoms with Gasteiger partial charge >= 0.3 is 0 Å². The van der Waals surface area contributed by atoms with Crippen molar-refractivity contribution in [3.05, 3.63) is 59.7 Å². The molecule has 0 amide bonds. The molecule has 2 nitrogen and oxygen atoms in total. The summed E-state index contributed by atoms with van der Waals surface area (Å²) in [6.07, 6.45) is 0. The Balaban J connectivity index is 2.38. The topological polar surface area (TPSA) is 17.3 Å². The van der Waals surface area contributed by atoms with E-state index in [-0.39, 0.29) is 11.3 Å². The van der Waals surface area contributed by atoms with Crippen LogP contribution in [-0.4, -0.2) is 9.38 Å². The van der Waals surface area contributed by atoms with Gasteiger partial charge in [-0.25, -0.2) is 13.8 Å². The standard InChI is InChI=1S/C18H13F3N2/c1-9(2)16-17(21)23-13-6-4-3-5-10(13)14-11(18(23)22-16)7-8-12(19)15(14)20/h3-9H,1-2H3. The first-order valence-corrected chi connectivity index (χ1v) is 7.37. The molecule has 4 aromatic rings. The number of pyridine rings is 1. The highest BCUT2D eigenvalue weighted by atomic mass is 19.2. The molecule has 116 valence electrons. The summed E-state index contributed by atoms with van der Waals surface area (Å²) < 4.78 is 44.4. The number of fused-ring (bicyclic) bond motifs is 6. The van der Waals surface area contributed by atoms with Crippen LogP contribution in [-0.2, 0) is 0 Å². The first-order chi connectivity index (χ1) is 11.0. The van der Waals surface area contributed by atoms with Crippen LogP contribution in [0.3, 0.4) is 0 Å². The smallest absolute Gasteiger partial charge is 0.221 e. The van der Waals surface area contributed by atoms with Crippen LogP contribution in [0.4, 0.5) is 13.2 Å². The number of nitrogens with zero attached hydrogens (tertiary/aromatic N) is 2. The molecule has 0 aliphatic carbocycles. The molecule has 0 spiro atoms. The number of benzene rings is 2. The van der Waals surface area contributed by atoms with E-state index in [2.05, 4.69) is 4.98 Å². The van der Waals surface area contributed by atoms with Gasteiger partial charge in [-0.15, -0.1) is 0 Å². The monoisotopic (exact) mass is 314 g/mol. The third kappa shape index (κ3) is 1.79. The Kier molecular flexibility index (Phi) is 2.88. The van der Waals surface area contributed by atoms with Gasteiger partial charge in [-0.05, 0) is 18.2 Å². The zero-order valence-electron chi connectivity index (χ0n) is 12.6. The van der Waals surface area contributed by atoms with E-state index in [9.17, 15) is 13.2 Å². The maximum absolute atomic E-state index is 14.9. The molecule has 2 aromatic heterocycles. The van der Waals surface area contributed by atoms with E-state index >= 15 is 0 Å². The molecule has 0 unspecified atom stereocenters. The van der Waals surface area contributed by atoms with Crippen molar-refractivity contribution in [3.63, 3.8) is 0 Å². The largest absolute Gasteiger partial charge is 0.268 e. The number of aromatic nitrogens is 2. The fraction of sp³-hybridized carbons (Fsp3) is 0.167. The fourth-order valence-corrected chi connectivity index (χ4v) is 3.07. The van der Waals surface area contributed by atoms with Gasteiger partial charge in [0.2, 0.25) is 5.95 Å². The van der Waals surface area contributed by atoms with Crippen LogP contribution in [0.1, 0.15) is 25.5 Å². The van der Waals surface area contributed by atoms with Crippen molar-refractivity contribution in [3.8, 4) is 0 Å². The quantitative estimate of drug-likeness (QED) is 0.442. The molecular formula is C18H13F3N2. The van der Waals surface area contributed by atoms with Gasteiger partial charge in [-0.3, -0.25) is 4.40 Å². The van der Waals surface area contributed by atoms with Crippen LogP contribution in [0.15, 0.2) is 36.4 Å². The van der Waals surface area contributed by atoms with Gasteiger partial charge in [0.1, 0.15) is 5.65 Å². The number of halogens is 3. The third-order valence-electron chi connectivity index (χ3n) is 4.14. The molecule has 0 fully saturated rings. The Labute approximate surface area is 130 Å². The van der Waals surface area contributed by atoms with Crippen molar-refractivity contribution in [2.75, 3.05) is 0 Å². The maximum Gasteiger partial charge on any atom is 0.221 e. The molecule has 0 saturated heterocycles. The average Bonchev–Trinajstić information content (AvgIpc) is 2.89. The van der Waals surface area contributed by atoms with Gasteiger partial charge in [0.05, 0.1) is 11.2 Å². The van der Waals surface area contributed by atoms with Crippen LogP contribution >= 0.6 is 0 Å². The molecule has 0 saturated carbocycles. The first-order valence-electron chi connectivity index (χ1n) is 7.37. The predicted octanol–water partition coefficient (Wildman–Crippen LogP) is 5.18. The molecule has 23 heavy (non-hydrogen) atoms.